The lowest BCUT2D eigenvalue weighted by Crippen LogP contribution is -2.39. The number of hydrogen-bond donors (Lipinski definition) is 2. The molecular formula is C19H26ClFN2O2. The molecule has 1 aliphatic heterocycles. The Hall–Kier alpha value is -1.17. The highest BCUT2D eigenvalue weighted by Crippen LogP contribution is 2.42. The standard InChI is InChI=1S/C19H25FN2O2.ClH/c20-17-4-3-13(15-10-18(15)21-11-12-1-2-12)9-16(17)19(23)22-14-5-7-24-8-6-14;/h3-4,9,12,14-15,18,21H,1-2,5-8,10-11H2,(H,22,23);1H/t15-,18+;/m0./s1. The fourth-order valence-electron chi connectivity index (χ4n) is 3.48. The first-order valence-corrected chi connectivity index (χ1v) is 9.12. The number of rotatable bonds is 6. The largest absolute Gasteiger partial charge is 0.381 e. The normalized spacial score (nSPS) is 26.0. The minimum Gasteiger partial charge on any atom is -0.381 e. The summed E-state index contributed by atoms with van der Waals surface area (Å²) in [6.07, 6.45) is 5.36. The Morgan fingerprint density at radius 2 is 1.96 bits per heavy atom. The van der Waals surface area contributed by atoms with Crippen LogP contribution in [0.2, 0.25) is 0 Å². The van der Waals surface area contributed by atoms with E-state index in [1.807, 2.05) is 6.07 Å². The van der Waals surface area contributed by atoms with E-state index in [1.165, 1.54) is 18.9 Å². The lowest BCUT2D eigenvalue weighted by atomic mass is 10.0. The second kappa shape index (κ2) is 8.02. The molecule has 6 heteroatoms. The summed E-state index contributed by atoms with van der Waals surface area (Å²) in [5, 5.41) is 6.54. The van der Waals surface area contributed by atoms with Gasteiger partial charge in [-0.3, -0.25) is 4.79 Å². The summed E-state index contributed by atoms with van der Waals surface area (Å²) >= 11 is 0. The maximum Gasteiger partial charge on any atom is 0.254 e. The van der Waals surface area contributed by atoms with Gasteiger partial charge in [0, 0.05) is 31.2 Å². The van der Waals surface area contributed by atoms with E-state index in [1.54, 1.807) is 6.07 Å². The highest BCUT2D eigenvalue weighted by atomic mass is 35.5. The van der Waals surface area contributed by atoms with Gasteiger partial charge in [0.2, 0.25) is 0 Å². The molecule has 1 heterocycles. The minimum absolute atomic E-state index is 0. The third-order valence-electron chi connectivity index (χ3n) is 5.38. The van der Waals surface area contributed by atoms with E-state index < -0.39 is 5.82 Å². The van der Waals surface area contributed by atoms with Crippen molar-refractivity contribution in [3.05, 3.63) is 35.1 Å². The number of nitrogens with one attached hydrogen (secondary N) is 2. The van der Waals surface area contributed by atoms with E-state index in [0.717, 1.165) is 37.3 Å². The zero-order valence-corrected chi connectivity index (χ0v) is 15.1. The van der Waals surface area contributed by atoms with Crippen molar-refractivity contribution in [2.24, 2.45) is 5.92 Å². The fraction of sp³-hybridized carbons (Fsp3) is 0.632. The molecule has 0 spiro atoms. The molecule has 2 N–H and O–H groups in total. The van der Waals surface area contributed by atoms with Crippen molar-refractivity contribution in [2.45, 2.75) is 50.1 Å². The van der Waals surface area contributed by atoms with Crippen LogP contribution in [-0.2, 0) is 4.74 Å². The topological polar surface area (TPSA) is 50.4 Å². The summed E-state index contributed by atoms with van der Waals surface area (Å²) in [4.78, 5) is 12.4. The summed E-state index contributed by atoms with van der Waals surface area (Å²) in [7, 11) is 0. The molecule has 4 nitrogen and oxygen atoms in total. The molecular weight excluding hydrogens is 343 g/mol. The van der Waals surface area contributed by atoms with Crippen LogP contribution < -0.4 is 10.6 Å². The van der Waals surface area contributed by atoms with Gasteiger partial charge in [-0.1, -0.05) is 6.07 Å². The molecule has 1 saturated heterocycles. The summed E-state index contributed by atoms with van der Waals surface area (Å²) in [6.45, 7) is 2.41. The first-order chi connectivity index (χ1) is 11.7. The molecule has 1 aromatic rings. The molecule has 1 aromatic carbocycles. The monoisotopic (exact) mass is 368 g/mol. The van der Waals surface area contributed by atoms with Gasteiger partial charge in [0.1, 0.15) is 5.82 Å². The molecule has 3 aliphatic rings. The Bertz CT molecular complexity index is 617. The molecule has 25 heavy (non-hydrogen) atoms. The SMILES string of the molecule is Cl.O=C(NC1CCOCC1)c1cc([C@@H]2C[C@H]2NCC2CC2)ccc1F. The van der Waals surface area contributed by atoms with Crippen LogP contribution in [0.25, 0.3) is 0 Å². The lowest BCUT2D eigenvalue weighted by Gasteiger charge is -2.23. The molecule has 1 amide bonds. The van der Waals surface area contributed by atoms with E-state index in [-0.39, 0.29) is 29.9 Å². The van der Waals surface area contributed by atoms with Crippen molar-refractivity contribution < 1.29 is 13.9 Å². The van der Waals surface area contributed by atoms with Crippen molar-refractivity contribution in [1.29, 1.82) is 0 Å². The van der Waals surface area contributed by atoms with Crippen molar-refractivity contribution in [3.8, 4) is 0 Å². The molecule has 138 valence electrons. The van der Waals surface area contributed by atoms with Gasteiger partial charge in [-0.05, 0) is 62.3 Å². The van der Waals surface area contributed by atoms with Crippen LogP contribution in [0.1, 0.15) is 53.9 Å². The Labute approximate surface area is 154 Å². The maximum absolute atomic E-state index is 14.1. The van der Waals surface area contributed by atoms with Crippen LogP contribution in [-0.4, -0.2) is 37.7 Å². The van der Waals surface area contributed by atoms with Crippen LogP contribution in [0.4, 0.5) is 4.39 Å². The highest BCUT2D eigenvalue weighted by Gasteiger charge is 2.39. The van der Waals surface area contributed by atoms with Gasteiger partial charge in [0.15, 0.2) is 0 Å². The average molecular weight is 369 g/mol. The second-order valence-electron chi connectivity index (χ2n) is 7.40. The third-order valence-corrected chi connectivity index (χ3v) is 5.38. The third kappa shape index (κ3) is 4.72. The molecule has 0 aromatic heterocycles. The van der Waals surface area contributed by atoms with Gasteiger partial charge in [-0.25, -0.2) is 4.39 Å². The van der Waals surface area contributed by atoms with Crippen molar-refractivity contribution in [2.75, 3.05) is 19.8 Å². The van der Waals surface area contributed by atoms with Crippen LogP contribution in [0, 0.1) is 11.7 Å². The highest BCUT2D eigenvalue weighted by molar-refractivity contribution is 5.95. The summed E-state index contributed by atoms with van der Waals surface area (Å²) in [5.74, 6) is 0.537. The van der Waals surface area contributed by atoms with Crippen molar-refractivity contribution >= 4 is 18.3 Å². The number of amides is 1. The fourth-order valence-corrected chi connectivity index (χ4v) is 3.48. The molecule has 2 saturated carbocycles. The van der Waals surface area contributed by atoms with Gasteiger partial charge >= 0.3 is 0 Å². The Balaban J connectivity index is 0.00000182. The molecule has 0 bridgehead atoms. The zero-order valence-electron chi connectivity index (χ0n) is 14.3. The molecule has 0 radical (unpaired) electrons. The van der Waals surface area contributed by atoms with Gasteiger partial charge in [-0.15, -0.1) is 12.4 Å². The Morgan fingerprint density at radius 1 is 1.20 bits per heavy atom. The Kier molecular flexibility index (Phi) is 5.97. The first kappa shape index (κ1) is 18.6. The van der Waals surface area contributed by atoms with E-state index >= 15 is 0 Å². The number of hydrogen-bond acceptors (Lipinski definition) is 3. The number of carbonyl (C=O) groups excluding carboxylic acids is 1. The number of ether oxygens (including phenoxy) is 1. The van der Waals surface area contributed by atoms with E-state index in [9.17, 15) is 9.18 Å². The van der Waals surface area contributed by atoms with Crippen molar-refractivity contribution in [1.82, 2.24) is 10.6 Å². The summed E-state index contributed by atoms with van der Waals surface area (Å²) < 4.78 is 19.4. The predicted molar refractivity (Wildman–Crippen MR) is 96.8 cm³/mol. The van der Waals surface area contributed by atoms with E-state index in [4.69, 9.17) is 4.74 Å². The molecule has 2 atom stereocenters. The predicted octanol–water partition coefficient (Wildman–Crippen LogP) is 3.01. The van der Waals surface area contributed by atoms with E-state index in [2.05, 4.69) is 10.6 Å². The van der Waals surface area contributed by atoms with Gasteiger partial charge in [-0.2, -0.15) is 0 Å². The van der Waals surface area contributed by atoms with Gasteiger partial charge in [0.25, 0.3) is 5.91 Å². The van der Waals surface area contributed by atoms with E-state index in [0.29, 0.717) is 25.2 Å². The first-order valence-electron chi connectivity index (χ1n) is 9.12. The number of halogens is 2. The van der Waals surface area contributed by atoms with Crippen LogP contribution in [0.15, 0.2) is 18.2 Å². The van der Waals surface area contributed by atoms with Gasteiger partial charge < -0.3 is 15.4 Å². The van der Waals surface area contributed by atoms with Crippen LogP contribution in [0.3, 0.4) is 0 Å². The smallest absolute Gasteiger partial charge is 0.254 e. The summed E-state index contributed by atoms with van der Waals surface area (Å²) in [6, 6.07) is 5.58. The van der Waals surface area contributed by atoms with Crippen LogP contribution in [0.5, 0.6) is 0 Å². The maximum atomic E-state index is 14.1. The zero-order chi connectivity index (χ0) is 16.5. The second-order valence-corrected chi connectivity index (χ2v) is 7.40. The number of benzene rings is 1. The number of carbonyl (C=O) groups is 1. The molecule has 0 unspecified atom stereocenters. The average Bonchev–Trinajstić information content (AvgIpc) is 3.49. The summed E-state index contributed by atoms with van der Waals surface area (Å²) in [5.41, 5.74) is 1.24. The van der Waals surface area contributed by atoms with Gasteiger partial charge in [0.05, 0.1) is 5.56 Å². The lowest BCUT2D eigenvalue weighted by molar-refractivity contribution is 0.0694. The van der Waals surface area contributed by atoms with Crippen molar-refractivity contribution in [3.63, 3.8) is 0 Å². The Morgan fingerprint density at radius 3 is 2.68 bits per heavy atom. The quantitative estimate of drug-likeness (QED) is 0.811. The molecule has 3 fully saturated rings. The minimum atomic E-state index is -0.438. The van der Waals surface area contributed by atoms with Crippen LogP contribution >= 0.6 is 12.4 Å². The molecule has 4 rings (SSSR count). The molecule has 2 aliphatic carbocycles.